The fourth-order valence-corrected chi connectivity index (χ4v) is 2.27. The summed E-state index contributed by atoms with van der Waals surface area (Å²) in [6.07, 6.45) is 2.15. The molecular weight excluding hydrogens is 344 g/mol. The molecule has 0 aliphatic carbocycles. The van der Waals surface area contributed by atoms with Crippen LogP contribution in [0.2, 0.25) is 0 Å². The van der Waals surface area contributed by atoms with E-state index in [4.69, 9.17) is 14.2 Å². The molecule has 6 heteroatoms. The first-order valence-corrected chi connectivity index (χ1v) is 9.19. The molecule has 0 heterocycles. The lowest BCUT2D eigenvalue weighted by Gasteiger charge is -2.10. The average Bonchev–Trinajstić information content (AvgIpc) is 2.69. The van der Waals surface area contributed by atoms with Crippen LogP contribution in [0.25, 0.3) is 0 Å². The third-order valence-electron chi connectivity index (χ3n) is 3.77. The van der Waals surface area contributed by atoms with Crippen molar-refractivity contribution in [2.45, 2.75) is 19.8 Å². The molecule has 0 aromatic heterocycles. The van der Waals surface area contributed by atoms with Gasteiger partial charge in [-0.05, 0) is 55.0 Å². The van der Waals surface area contributed by atoms with Crippen molar-refractivity contribution in [2.24, 2.45) is 0 Å². The SMILES string of the molecule is CCCCOc1ccc(NCC(=O)Nc2ccc(OCCOC)cc2)cc1. The van der Waals surface area contributed by atoms with Crippen LogP contribution in [0.1, 0.15) is 19.8 Å². The normalized spacial score (nSPS) is 10.3. The number of rotatable bonds is 12. The maximum absolute atomic E-state index is 12.1. The van der Waals surface area contributed by atoms with E-state index in [1.807, 2.05) is 48.5 Å². The smallest absolute Gasteiger partial charge is 0.243 e. The number of carbonyl (C=O) groups is 1. The standard InChI is InChI=1S/C21H28N2O4/c1-3-4-13-26-19-9-5-17(6-10-19)22-16-21(24)23-18-7-11-20(12-8-18)27-15-14-25-2/h5-12,22H,3-4,13-16H2,1-2H3,(H,23,24). The van der Waals surface area contributed by atoms with E-state index in [0.29, 0.717) is 13.2 Å². The summed E-state index contributed by atoms with van der Waals surface area (Å²) in [7, 11) is 1.63. The van der Waals surface area contributed by atoms with E-state index >= 15 is 0 Å². The predicted molar refractivity (Wildman–Crippen MR) is 108 cm³/mol. The minimum Gasteiger partial charge on any atom is -0.494 e. The number of hydrogen-bond acceptors (Lipinski definition) is 5. The second-order valence-electron chi connectivity index (χ2n) is 5.99. The summed E-state index contributed by atoms with van der Waals surface area (Å²) in [5, 5.41) is 5.94. The Kier molecular flexibility index (Phi) is 9.00. The van der Waals surface area contributed by atoms with Gasteiger partial charge in [-0.25, -0.2) is 0 Å². The molecular formula is C21H28N2O4. The maximum atomic E-state index is 12.1. The van der Waals surface area contributed by atoms with Crippen LogP contribution in [-0.4, -0.2) is 39.4 Å². The van der Waals surface area contributed by atoms with E-state index in [0.717, 1.165) is 42.3 Å². The second-order valence-corrected chi connectivity index (χ2v) is 5.99. The summed E-state index contributed by atoms with van der Waals surface area (Å²) in [6.45, 7) is 4.07. The zero-order valence-corrected chi connectivity index (χ0v) is 16.0. The fourth-order valence-electron chi connectivity index (χ4n) is 2.27. The van der Waals surface area contributed by atoms with Crippen LogP contribution in [0, 0.1) is 0 Å². The molecule has 2 aromatic rings. The Balaban J connectivity index is 1.72. The van der Waals surface area contributed by atoms with Gasteiger partial charge in [0.2, 0.25) is 5.91 Å². The van der Waals surface area contributed by atoms with Gasteiger partial charge in [-0.3, -0.25) is 4.79 Å². The molecule has 0 aliphatic rings. The van der Waals surface area contributed by atoms with Crippen molar-refractivity contribution in [2.75, 3.05) is 44.1 Å². The largest absolute Gasteiger partial charge is 0.494 e. The highest BCUT2D eigenvalue weighted by Crippen LogP contribution is 2.17. The van der Waals surface area contributed by atoms with E-state index in [1.54, 1.807) is 7.11 Å². The fraction of sp³-hybridized carbons (Fsp3) is 0.381. The number of unbranched alkanes of at least 4 members (excludes halogenated alkanes) is 1. The second kappa shape index (κ2) is 11.8. The van der Waals surface area contributed by atoms with E-state index in [-0.39, 0.29) is 12.5 Å². The number of nitrogens with one attached hydrogen (secondary N) is 2. The first-order valence-electron chi connectivity index (χ1n) is 9.19. The maximum Gasteiger partial charge on any atom is 0.243 e. The van der Waals surface area contributed by atoms with Crippen molar-refractivity contribution in [3.05, 3.63) is 48.5 Å². The topological polar surface area (TPSA) is 68.8 Å². The molecule has 0 radical (unpaired) electrons. The van der Waals surface area contributed by atoms with Gasteiger partial charge >= 0.3 is 0 Å². The summed E-state index contributed by atoms with van der Waals surface area (Å²) in [4.78, 5) is 12.1. The van der Waals surface area contributed by atoms with Gasteiger partial charge in [0.25, 0.3) is 0 Å². The van der Waals surface area contributed by atoms with Crippen LogP contribution in [-0.2, 0) is 9.53 Å². The Bertz CT molecular complexity index is 672. The van der Waals surface area contributed by atoms with Crippen LogP contribution in [0.15, 0.2) is 48.5 Å². The lowest BCUT2D eigenvalue weighted by Crippen LogP contribution is -2.21. The molecule has 2 N–H and O–H groups in total. The van der Waals surface area contributed by atoms with Gasteiger partial charge in [-0.1, -0.05) is 13.3 Å². The molecule has 0 saturated heterocycles. The molecule has 0 fully saturated rings. The first-order chi connectivity index (χ1) is 13.2. The number of benzene rings is 2. The molecule has 0 spiro atoms. The third kappa shape index (κ3) is 8.00. The highest BCUT2D eigenvalue weighted by molar-refractivity contribution is 5.93. The molecule has 0 unspecified atom stereocenters. The minimum atomic E-state index is -0.119. The van der Waals surface area contributed by atoms with Crippen LogP contribution in [0.3, 0.4) is 0 Å². The van der Waals surface area contributed by atoms with Gasteiger partial charge in [0, 0.05) is 18.5 Å². The first kappa shape index (κ1) is 20.6. The van der Waals surface area contributed by atoms with Crippen molar-refractivity contribution in [3.63, 3.8) is 0 Å². The van der Waals surface area contributed by atoms with Gasteiger partial charge in [-0.2, -0.15) is 0 Å². The Hall–Kier alpha value is -2.73. The lowest BCUT2D eigenvalue weighted by atomic mass is 10.3. The number of methoxy groups -OCH3 is 1. The average molecular weight is 372 g/mol. The number of anilines is 2. The van der Waals surface area contributed by atoms with Gasteiger partial charge < -0.3 is 24.8 Å². The molecule has 0 aliphatic heterocycles. The Morgan fingerprint density at radius 3 is 2.04 bits per heavy atom. The van der Waals surface area contributed by atoms with Gasteiger partial charge in [0.15, 0.2) is 0 Å². The third-order valence-corrected chi connectivity index (χ3v) is 3.77. The van der Waals surface area contributed by atoms with Gasteiger partial charge in [0.1, 0.15) is 18.1 Å². The summed E-state index contributed by atoms with van der Waals surface area (Å²) >= 11 is 0. The molecule has 1 amide bonds. The molecule has 6 nitrogen and oxygen atoms in total. The number of amides is 1. The molecule has 146 valence electrons. The zero-order chi connectivity index (χ0) is 19.3. The van der Waals surface area contributed by atoms with E-state index < -0.39 is 0 Å². The predicted octanol–water partition coefficient (Wildman–Crippen LogP) is 3.94. The van der Waals surface area contributed by atoms with Crippen molar-refractivity contribution in [1.82, 2.24) is 0 Å². The van der Waals surface area contributed by atoms with E-state index in [1.165, 1.54) is 0 Å². The van der Waals surface area contributed by atoms with Crippen LogP contribution in [0.5, 0.6) is 11.5 Å². The van der Waals surface area contributed by atoms with E-state index in [2.05, 4.69) is 17.6 Å². The highest BCUT2D eigenvalue weighted by atomic mass is 16.5. The van der Waals surface area contributed by atoms with Crippen LogP contribution < -0.4 is 20.1 Å². The van der Waals surface area contributed by atoms with Crippen LogP contribution >= 0.6 is 0 Å². The van der Waals surface area contributed by atoms with Crippen molar-refractivity contribution in [1.29, 1.82) is 0 Å². The minimum absolute atomic E-state index is 0.119. The van der Waals surface area contributed by atoms with Gasteiger partial charge in [-0.15, -0.1) is 0 Å². The zero-order valence-electron chi connectivity index (χ0n) is 16.0. The number of carbonyl (C=O) groups excluding carboxylic acids is 1. The van der Waals surface area contributed by atoms with Crippen molar-refractivity contribution >= 4 is 17.3 Å². The summed E-state index contributed by atoms with van der Waals surface area (Å²) in [6, 6.07) is 14.9. The molecule has 0 bridgehead atoms. The monoisotopic (exact) mass is 372 g/mol. The van der Waals surface area contributed by atoms with Gasteiger partial charge in [0.05, 0.1) is 19.8 Å². The Morgan fingerprint density at radius 1 is 0.852 bits per heavy atom. The Labute approximate surface area is 160 Å². The lowest BCUT2D eigenvalue weighted by molar-refractivity contribution is -0.114. The molecule has 2 aromatic carbocycles. The molecule has 0 atom stereocenters. The summed E-state index contributed by atoms with van der Waals surface area (Å²) in [5.74, 6) is 1.46. The quantitative estimate of drug-likeness (QED) is 0.552. The number of hydrogen-bond donors (Lipinski definition) is 2. The molecule has 0 saturated carbocycles. The summed E-state index contributed by atoms with van der Waals surface area (Å²) < 4.78 is 16.0. The molecule has 2 rings (SSSR count). The van der Waals surface area contributed by atoms with E-state index in [9.17, 15) is 4.79 Å². The number of ether oxygens (including phenoxy) is 3. The van der Waals surface area contributed by atoms with Crippen molar-refractivity contribution in [3.8, 4) is 11.5 Å². The summed E-state index contributed by atoms with van der Waals surface area (Å²) in [5.41, 5.74) is 1.59. The Morgan fingerprint density at radius 2 is 1.44 bits per heavy atom. The highest BCUT2D eigenvalue weighted by Gasteiger charge is 2.03. The van der Waals surface area contributed by atoms with Crippen molar-refractivity contribution < 1.29 is 19.0 Å². The van der Waals surface area contributed by atoms with Crippen LogP contribution in [0.4, 0.5) is 11.4 Å². The molecule has 27 heavy (non-hydrogen) atoms.